The van der Waals surface area contributed by atoms with Gasteiger partial charge in [0.15, 0.2) is 5.96 Å². The molecule has 0 aliphatic heterocycles. The van der Waals surface area contributed by atoms with Crippen LogP contribution in [-0.4, -0.2) is 60.0 Å². The van der Waals surface area contributed by atoms with E-state index in [0.717, 1.165) is 11.1 Å². The number of guanidine groups is 1. The van der Waals surface area contributed by atoms with E-state index in [1.54, 1.807) is 24.3 Å². The molecule has 0 aliphatic carbocycles. The molecule has 0 aromatic heterocycles. The van der Waals surface area contributed by atoms with E-state index in [-0.39, 0.29) is 36.6 Å². The van der Waals surface area contributed by atoms with E-state index in [1.807, 2.05) is 30.3 Å². The van der Waals surface area contributed by atoms with Crippen LogP contribution in [0.1, 0.15) is 30.9 Å². The lowest BCUT2D eigenvalue weighted by atomic mass is 10.0. The minimum atomic E-state index is -0.891. The van der Waals surface area contributed by atoms with Crippen LogP contribution in [0.2, 0.25) is 0 Å². The Bertz CT molecular complexity index is 1030. The van der Waals surface area contributed by atoms with E-state index in [9.17, 15) is 19.5 Å². The molecule has 0 aliphatic rings. The third-order valence-corrected chi connectivity index (χ3v) is 5.68. The first-order chi connectivity index (χ1) is 17.6. The van der Waals surface area contributed by atoms with E-state index < -0.39 is 23.9 Å². The van der Waals surface area contributed by atoms with Crippen LogP contribution >= 0.6 is 0 Å². The van der Waals surface area contributed by atoms with Crippen molar-refractivity contribution in [3.63, 3.8) is 0 Å². The maximum Gasteiger partial charge on any atom is 0.240 e. The van der Waals surface area contributed by atoms with E-state index in [4.69, 9.17) is 16.9 Å². The van der Waals surface area contributed by atoms with Crippen LogP contribution in [-0.2, 0) is 27.2 Å². The van der Waals surface area contributed by atoms with Crippen LogP contribution in [0.15, 0.2) is 54.6 Å². The van der Waals surface area contributed by atoms with E-state index in [0.29, 0.717) is 25.8 Å². The number of nitrogens with one attached hydrogen (secondary N) is 5. The Hall–Kier alpha value is -4.12. The van der Waals surface area contributed by atoms with Crippen molar-refractivity contribution in [2.45, 2.75) is 50.7 Å². The molecule has 37 heavy (non-hydrogen) atoms. The Labute approximate surface area is 216 Å². The van der Waals surface area contributed by atoms with Crippen molar-refractivity contribution in [2.24, 2.45) is 11.5 Å². The zero-order valence-electron chi connectivity index (χ0n) is 21.0. The number of benzene rings is 2. The average Bonchev–Trinajstić information content (AvgIpc) is 2.84. The van der Waals surface area contributed by atoms with Crippen molar-refractivity contribution < 1.29 is 19.5 Å². The summed E-state index contributed by atoms with van der Waals surface area (Å²) in [5, 5.41) is 28.4. The number of carbonyl (C=O) groups excluding carboxylic acids is 3. The summed E-state index contributed by atoms with van der Waals surface area (Å²) in [6, 6.07) is 14.0. The quantitative estimate of drug-likeness (QED) is 0.0926. The Balaban J connectivity index is 2.09. The van der Waals surface area contributed by atoms with Crippen LogP contribution in [0.4, 0.5) is 0 Å². The van der Waals surface area contributed by atoms with Crippen LogP contribution in [0.25, 0.3) is 0 Å². The summed E-state index contributed by atoms with van der Waals surface area (Å²) in [5.41, 5.74) is 12.7. The molecule has 0 bridgehead atoms. The maximum absolute atomic E-state index is 13.2. The predicted molar refractivity (Wildman–Crippen MR) is 142 cm³/mol. The second-order valence-corrected chi connectivity index (χ2v) is 8.86. The number of rotatable bonds is 15. The molecule has 200 valence electrons. The molecule has 2 aromatic rings. The summed E-state index contributed by atoms with van der Waals surface area (Å²) in [4.78, 5) is 37.1. The van der Waals surface area contributed by atoms with Gasteiger partial charge in [0.05, 0.1) is 6.04 Å². The summed E-state index contributed by atoms with van der Waals surface area (Å²) < 4.78 is 0. The molecule has 0 saturated carbocycles. The van der Waals surface area contributed by atoms with Gasteiger partial charge in [-0.2, -0.15) is 0 Å². The lowest BCUT2D eigenvalue weighted by molar-refractivity contribution is -0.128. The first-order valence-corrected chi connectivity index (χ1v) is 12.1. The Morgan fingerprint density at radius 2 is 1.57 bits per heavy atom. The Kier molecular flexibility index (Phi) is 11.9. The molecule has 0 radical (unpaired) electrons. The highest BCUT2D eigenvalue weighted by Crippen LogP contribution is 2.12. The van der Waals surface area contributed by atoms with Gasteiger partial charge in [0.25, 0.3) is 0 Å². The normalized spacial score (nSPS) is 13.1. The monoisotopic (exact) mass is 511 g/mol. The molecule has 11 heteroatoms. The maximum atomic E-state index is 13.2. The lowest BCUT2D eigenvalue weighted by Crippen LogP contribution is -2.55. The van der Waals surface area contributed by atoms with Crippen LogP contribution in [0.5, 0.6) is 5.75 Å². The zero-order valence-corrected chi connectivity index (χ0v) is 21.0. The predicted octanol–water partition coefficient (Wildman–Crippen LogP) is -0.126. The fourth-order valence-corrected chi connectivity index (χ4v) is 3.86. The number of primary amides is 1. The SMILES string of the molecule is CC(=O)N[C@@H](CN[C@H](CCCNC(=N)N)C(=O)N[C@H](Cc1ccccc1)C(N)=O)Cc1ccc(O)cc1. The van der Waals surface area contributed by atoms with Gasteiger partial charge in [-0.3, -0.25) is 19.8 Å². The van der Waals surface area contributed by atoms with Crippen LogP contribution in [0.3, 0.4) is 0 Å². The van der Waals surface area contributed by atoms with Gasteiger partial charge in [-0.25, -0.2) is 0 Å². The highest BCUT2D eigenvalue weighted by molar-refractivity contribution is 5.89. The number of hydrogen-bond acceptors (Lipinski definition) is 6. The van der Waals surface area contributed by atoms with Crippen LogP contribution in [0, 0.1) is 5.41 Å². The molecule has 10 N–H and O–H groups in total. The van der Waals surface area contributed by atoms with E-state index in [1.165, 1.54) is 6.92 Å². The van der Waals surface area contributed by atoms with Gasteiger partial charge in [0.2, 0.25) is 17.7 Å². The minimum absolute atomic E-state index is 0.147. The number of hydrogen-bond donors (Lipinski definition) is 8. The van der Waals surface area contributed by atoms with Gasteiger partial charge in [0.1, 0.15) is 11.8 Å². The number of nitrogens with two attached hydrogens (primary N) is 2. The van der Waals surface area contributed by atoms with Crippen molar-refractivity contribution in [3.05, 3.63) is 65.7 Å². The zero-order chi connectivity index (χ0) is 27.2. The third-order valence-electron chi connectivity index (χ3n) is 5.68. The number of phenols is 1. The molecule has 0 heterocycles. The molecule has 2 aromatic carbocycles. The molecule has 2 rings (SSSR count). The summed E-state index contributed by atoms with van der Waals surface area (Å²) >= 11 is 0. The van der Waals surface area contributed by atoms with Gasteiger partial charge in [-0.1, -0.05) is 42.5 Å². The van der Waals surface area contributed by atoms with Gasteiger partial charge in [0, 0.05) is 32.5 Å². The van der Waals surface area contributed by atoms with Crippen molar-refractivity contribution in [3.8, 4) is 5.75 Å². The van der Waals surface area contributed by atoms with Crippen LogP contribution < -0.4 is 32.7 Å². The Morgan fingerprint density at radius 1 is 0.919 bits per heavy atom. The standard InChI is InChI=1S/C26H37N7O4/c1-17(34)32-20(14-19-9-11-21(35)12-10-19)16-31-22(8-5-13-30-26(28)29)25(37)33-23(24(27)36)15-18-6-3-2-4-7-18/h2-4,6-7,9-12,20,22-23,31,35H,5,8,13-16H2,1H3,(H2,27,36)(H,32,34)(H,33,37)(H4,28,29,30)/t20-,22-,23-/m1/s1. The molecular weight excluding hydrogens is 474 g/mol. The average molecular weight is 512 g/mol. The van der Waals surface area contributed by atoms with Crippen molar-refractivity contribution in [2.75, 3.05) is 13.1 Å². The lowest BCUT2D eigenvalue weighted by Gasteiger charge is -2.25. The number of aromatic hydroxyl groups is 1. The first kappa shape index (κ1) is 29.1. The number of amides is 3. The fourth-order valence-electron chi connectivity index (χ4n) is 3.86. The second kappa shape index (κ2) is 15.1. The molecule has 3 amide bonds. The molecule has 0 spiro atoms. The molecule has 0 fully saturated rings. The topological polar surface area (TPSA) is 195 Å². The summed E-state index contributed by atoms with van der Waals surface area (Å²) in [6.45, 7) is 2.09. The van der Waals surface area contributed by atoms with E-state index in [2.05, 4.69) is 21.3 Å². The third kappa shape index (κ3) is 11.4. The van der Waals surface area contributed by atoms with E-state index >= 15 is 0 Å². The second-order valence-electron chi connectivity index (χ2n) is 8.86. The highest BCUT2D eigenvalue weighted by atomic mass is 16.3. The fraction of sp³-hybridized carbons (Fsp3) is 0.385. The minimum Gasteiger partial charge on any atom is -0.508 e. The Morgan fingerprint density at radius 3 is 2.16 bits per heavy atom. The largest absolute Gasteiger partial charge is 0.508 e. The summed E-state index contributed by atoms with van der Waals surface area (Å²) in [6.07, 6.45) is 1.64. The molecule has 0 saturated heterocycles. The summed E-state index contributed by atoms with van der Waals surface area (Å²) in [7, 11) is 0. The van der Waals surface area contributed by atoms with Crippen molar-refractivity contribution in [1.82, 2.24) is 21.3 Å². The van der Waals surface area contributed by atoms with Gasteiger partial charge in [-0.05, 0) is 42.5 Å². The number of phenolic OH excluding ortho intramolecular Hbond substituents is 1. The van der Waals surface area contributed by atoms with Crippen molar-refractivity contribution >= 4 is 23.7 Å². The molecular formula is C26H37N7O4. The highest BCUT2D eigenvalue weighted by Gasteiger charge is 2.25. The van der Waals surface area contributed by atoms with Gasteiger partial charge >= 0.3 is 0 Å². The smallest absolute Gasteiger partial charge is 0.240 e. The molecule has 3 atom stereocenters. The molecule has 11 nitrogen and oxygen atoms in total. The molecule has 0 unspecified atom stereocenters. The number of carbonyl (C=O) groups is 3. The van der Waals surface area contributed by atoms with Gasteiger partial charge < -0.3 is 37.8 Å². The summed E-state index contributed by atoms with van der Waals surface area (Å²) in [5.74, 6) is -1.26. The van der Waals surface area contributed by atoms with Crippen molar-refractivity contribution in [1.29, 1.82) is 5.41 Å². The van der Waals surface area contributed by atoms with Gasteiger partial charge in [-0.15, -0.1) is 0 Å². The first-order valence-electron chi connectivity index (χ1n) is 12.1.